The van der Waals surface area contributed by atoms with E-state index >= 15 is 0 Å². The molecule has 0 aliphatic carbocycles. The predicted molar refractivity (Wildman–Crippen MR) is 98.6 cm³/mol. The molecule has 5 N–H and O–H groups in total. The summed E-state index contributed by atoms with van der Waals surface area (Å²) in [6.07, 6.45) is 0.981. The number of rotatable bonds is 6. The molecule has 1 unspecified atom stereocenters. The zero-order valence-corrected chi connectivity index (χ0v) is 14.6. The summed E-state index contributed by atoms with van der Waals surface area (Å²) >= 11 is 7.33. The van der Waals surface area contributed by atoms with Crippen molar-refractivity contribution in [2.45, 2.75) is 32.1 Å². The third kappa shape index (κ3) is 7.68. The van der Waals surface area contributed by atoms with Gasteiger partial charge in [0.15, 0.2) is 5.17 Å². The number of thioether (sulfide) groups is 1. The smallest absolute Gasteiger partial charge is 0.220 e. The number of nitrogens with two attached hydrogens (primary N) is 2. The minimum absolute atomic E-state index is 0.286. The molecule has 0 bridgehead atoms. The summed E-state index contributed by atoms with van der Waals surface area (Å²) in [6, 6.07) is 7.97. The number of guanidine groups is 1. The van der Waals surface area contributed by atoms with E-state index in [1.165, 1.54) is 11.8 Å². The van der Waals surface area contributed by atoms with Crippen LogP contribution in [-0.4, -0.2) is 30.3 Å². The zero-order valence-electron chi connectivity index (χ0n) is 13.1. The van der Waals surface area contributed by atoms with Crippen LogP contribution in [0, 0.1) is 0 Å². The highest BCUT2D eigenvalue weighted by Crippen LogP contribution is 2.15. The fraction of sp³-hybridized carbons (Fsp3) is 0.467. The Morgan fingerprint density at radius 3 is 2.64 bits per heavy atom. The highest BCUT2D eigenvalue weighted by molar-refractivity contribution is 8.13. The molecular formula is C15H24ClN5S. The molecule has 0 aliphatic rings. The van der Waals surface area contributed by atoms with Crippen molar-refractivity contribution in [1.82, 2.24) is 5.32 Å². The minimum Gasteiger partial charge on any atom is -0.378 e. The minimum atomic E-state index is 0.286. The molecular weight excluding hydrogens is 318 g/mol. The molecule has 1 aromatic rings. The third-order valence-electron chi connectivity index (χ3n) is 2.89. The first-order valence-electron chi connectivity index (χ1n) is 7.27. The van der Waals surface area contributed by atoms with Crippen molar-refractivity contribution in [2.24, 2.45) is 21.5 Å². The molecule has 0 aliphatic heterocycles. The normalized spacial score (nSPS) is 14.0. The van der Waals surface area contributed by atoms with Gasteiger partial charge in [0, 0.05) is 23.4 Å². The standard InChI is InChI=1S/C15H24ClN5S/c1-3-11(2)20-15(19-9-8-17)21-14(18)22-10-12-4-6-13(16)7-5-12/h4-7,11H,3,8-10,17H2,1-2H3,(H3,18,19,20,21). The van der Waals surface area contributed by atoms with E-state index in [0.717, 1.165) is 22.8 Å². The Kier molecular flexibility index (Phi) is 8.96. The summed E-state index contributed by atoms with van der Waals surface area (Å²) in [5.74, 6) is 1.28. The molecule has 0 spiro atoms. The number of halogens is 1. The Bertz CT molecular complexity index is 501. The quantitative estimate of drug-likeness (QED) is 0.548. The molecule has 1 atom stereocenters. The van der Waals surface area contributed by atoms with E-state index in [4.69, 9.17) is 23.1 Å². The Labute approximate surface area is 141 Å². The van der Waals surface area contributed by atoms with Gasteiger partial charge in [0.25, 0.3) is 0 Å². The number of hydrogen-bond acceptors (Lipinski definition) is 3. The van der Waals surface area contributed by atoms with Gasteiger partial charge in [0.2, 0.25) is 5.96 Å². The summed E-state index contributed by atoms with van der Waals surface area (Å²) in [7, 11) is 0. The molecule has 0 saturated heterocycles. The molecule has 0 fully saturated rings. The number of nitrogens with zero attached hydrogens (tertiary/aromatic N) is 2. The number of amidine groups is 1. The van der Waals surface area contributed by atoms with Gasteiger partial charge in [-0.25, -0.2) is 4.99 Å². The lowest BCUT2D eigenvalue weighted by atomic mass is 10.2. The maximum absolute atomic E-state index is 5.98. The second-order valence-electron chi connectivity index (χ2n) is 4.81. The van der Waals surface area contributed by atoms with Gasteiger partial charge in [0.1, 0.15) is 0 Å². The van der Waals surface area contributed by atoms with Crippen LogP contribution in [0.5, 0.6) is 0 Å². The lowest BCUT2D eigenvalue weighted by Gasteiger charge is -2.12. The summed E-state index contributed by atoms with van der Waals surface area (Å²) in [5.41, 5.74) is 12.6. The highest BCUT2D eigenvalue weighted by Gasteiger charge is 2.04. The molecule has 1 aromatic carbocycles. The first kappa shape index (κ1) is 18.8. The van der Waals surface area contributed by atoms with Gasteiger partial charge in [-0.15, -0.1) is 0 Å². The largest absolute Gasteiger partial charge is 0.378 e. The molecule has 0 heterocycles. The van der Waals surface area contributed by atoms with E-state index < -0.39 is 0 Å². The second-order valence-corrected chi connectivity index (χ2v) is 6.24. The fourth-order valence-electron chi connectivity index (χ4n) is 1.48. The van der Waals surface area contributed by atoms with Crippen LogP contribution < -0.4 is 16.8 Å². The van der Waals surface area contributed by atoms with E-state index in [1.807, 2.05) is 24.3 Å². The van der Waals surface area contributed by atoms with Crippen LogP contribution in [0.25, 0.3) is 0 Å². The van der Waals surface area contributed by atoms with Crippen molar-refractivity contribution < 1.29 is 0 Å². The van der Waals surface area contributed by atoms with Crippen molar-refractivity contribution in [3.05, 3.63) is 34.9 Å². The van der Waals surface area contributed by atoms with Gasteiger partial charge in [-0.2, -0.15) is 4.99 Å². The van der Waals surface area contributed by atoms with E-state index in [2.05, 4.69) is 29.1 Å². The number of aliphatic imine (C=N–C) groups is 2. The van der Waals surface area contributed by atoms with Crippen molar-refractivity contribution in [3.8, 4) is 0 Å². The van der Waals surface area contributed by atoms with Crippen molar-refractivity contribution in [1.29, 1.82) is 0 Å². The third-order valence-corrected chi connectivity index (χ3v) is 4.01. The lowest BCUT2D eigenvalue weighted by Crippen LogP contribution is -2.32. The number of hydrogen-bond donors (Lipinski definition) is 3. The van der Waals surface area contributed by atoms with Crippen LogP contribution in [0.2, 0.25) is 5.02 Å². The Hall–Kier alpha value is -1.24. The van der Waals surface area contributed by atoms with E-state index in [9.17, 15) is 0 Å². The SMILES string of the molecule is CCC(C)NC(=NCCN)N=C(N)SCc1ccc(Cl)cc1. The molecule has 0 amide bonds. The van der Waals surface area contributed by atoms with Crippen LogP contribution in [0.3, 0.4) is 0 Å². The maximum atomic E-state index is 5.98. The highest BCUT2D eigenvalue weighted by atomic mass is 35.5. The van der Waals surface area contributed by atoms with E-state index in [1.54, 1.807) is 0 Å². The van der Waals surface area contributed by atoms with Gasteiger partial charge < -0.3 is 16.8 Å². The molecule has 122 valence electrons. The number of benzene rings is 1. The number of nitrogens with one attached hydrogen (secondary N) is 1. The molecule has 0 radical (unpaired) electrons. The van der Waals surface area contributed by atoms with Crippen LogP contribution in [-0.2, 0) is 5.75 Å². The van der Waals surface area contributed by atoms with Crippen molar-refractivity contribution in [2.75, 3.05) is 13.1 Å². The van der Waals surface area contributed by atoms with E-state index in [0.29, 0.717) is 24.2 Å². The van der Waals surface area contributed by atoms with Gasteiger partial charge in [-0.05, 0) is 31.0 Å². The second kappa shape index (κ2) is 10.5. The summed E-state index contributed by atoms with van der Waals surface area (Å²) in [6.45, 7) is 5.18. The first-order chi connectivity index (χ1) is 10.5. The molecule has 7 heteroatoms. The van der Waals surface area contributed by atoms with Crippen LogP contribution >= 0.6 is 23.4 Å². The summed E-state index contributed by atoms with van der Waals surface area (Å²) in [5, 5.41) is 4.43. The molecule has 22 heavy (non-hydrogen) atoms. The van der Waals surface area contributed by atoms with Crippen molar-refractivity contribution >= 4 is 34.5 Å². The Morgan fingerprint density at radius 2 is 2.05 bits per heavy atom. The van der Waals surface area contributed by atoms with Gasteiger partial charge >= 0.3 is 0 Å². The van der Waals surface area contributed by atoms with Crippen molar-refractivity contribution in [3.63, 3.8) is 0 Å². The molecule has 0 aromatic heterocycles. The van der Waals surface area contributed by atoms with Crippen LogP contribution in [0.1, 0.15) is 25.8 Å². The van der Waals surface area contributed by atoms with Gasteiger partial charge in [0.05, 0.1) is 6.54 Å². The topological polar surface area (TPSA) is 88.8 Å². The van der Waals surface area contributed by atoms with Gasteiger partial charge in [-0.1, -0.05) is 42.4 Å². The average Bonchev–Trinajstić information content (AvgIpc) is 2.51. The lowest BCUT2D eigenvalue weighted by molar-refractivity contribution is 0.637. The summed E-state index contributed by atoms with van der Waals surface area (Å²) < 4.78 is 0. The summed E-state index contributed by atoms with van der Waals surface area (Å²) in [4.78, 5) is 8.67. The van der Waals surface area contributed by atoms with Crippen LogP contribution in [0.15, 0.2) is 34.3 Å². The Balaban J connectivity index is 2.63. The first-order valence-corrected chi connectivity index (χ1v) is 8.64. The molecule has 1 rings (SSSR count). The fourth-order valence-corrected chi connectivity index (χ4v) is 2.26. The molecule has 0 saturated carbocycles. The average molecular weight is 342 g/mol. The zero-order chi connectivity index (χ0) is 16.4. The van der Waals surface area contributed by atoms with Gasteiger partial charge in [-0.3, -0.25) is 0 Å². The van der Waals surface area contributed by atoms with Crippen LogP contribution in [0.4, 0.5) is 0 Å². The monoisotopic (exact) mass is 341 g/mol. The van der Waals surface area contributed by atoms with E-state index in [-0.39, 0.29) is 6.04 Å². The molecule has 5 nitrogen and oxygen atoms in total. The predicted octanol–water partition coefficient (Wildman–Crippen LogP) is 2.59. The maximum Gasteiger partial charge on any atom is 0.220 e. The Morgan fingerprint density at radius 1 is 1.36 bits per heavy atom.